The predicted octanol–water partition coefficient (Wildman–Crippen LogP) is 6.88. The van der Waals surface area contributed by atoms with Crippen molar-refractivity contribution < 1.29 is 8.78 Å². The quantitative estimate of drug-likeness (QED) is 0.412. The molecule has 4 rings (SSSR count). The average molecular weight is 412 g/mol. The molecular formula is C27H35F2N. The van der Waals surface area contributed by atoms with Gasteiger partial charge >= 0.3 is 0 Å². The molecule has 1 atom stereocenters. The van der Waals surface area contributed by atoms with Crippen LogP contribution in [0.1, 0.15) is 75.1 Å². The van der Waals surface area contributed by atoms with E-state index in [1.807, 2.05) is 18.2 Å². The summed E-state index contributed by atoms with van der Waals surface area (Å²) in [4.78, 5) is 2.56. The molecule has 3 heteroatoms. The van der Waals surface area contributed by atoms with Gasteiger partial charge in [-0.2, -0.15) is 0 Å². The minimum atomic E-state index is -1.28. The van der Waals surface area contributed by atoms with Crippen LogP contribution in [0.3, 0.4) is 0 Å². The van der Waals surface area contributed by atoms with Gasteiger partial charge in [-0.3, -0.25) is 4.90 Å². The van der Waals surface area contributed by atoms with Crippen LogP contribution >= 0.6 is 0 Å². The van der Waals surface area contributed by atoms with Crippen molar-refractivity contribution in [1.29, 1.82) is 0 Å². The van der Waals surface area contributed by atoms with Gasteiger partial charge in [-0.15, -0.1) is 0 Å². The van der Waals surface area contributed by atoms with Crippen LogP contribution in [0, 0.1) is 0 Å². The van der Waals surface area contributed by atoms with Crippen molar-refractivity contribution in [2.75, 3.05) is 6.54 Å². The summed E-state index contributed by atoms with van der Waals surface area (Å²) in [6, 6.07) is 17.4. The van der Waals surface area contributed by atoms with Crippen LogP contribution in [-0.2, 0) is 24.2 Å². The first-order valence-corrected chi connectivity index (χ1v) is 11.6. The second kappa shape index (κ2) is 8.42. The lowest BCUT2D eigenvalue weighted by Crippen LogP contribution is -2.40. The van der Waals surface area contributed by atoms with E-state index in [-0.39, 0.29) is 0 Å². The van der Waals surface area contributed by atoms with E-state index >= 15 is 0 Å². The third-order valence-electron chi connectivity index (χ3n) is 7.01. The standard InChI is InChI=1S/C27H35F2N/c1-20(2)30(18-13-22-7-5-4-6-8-22)21(3)9-10-23-11-12-24(26(28)14-15-26)25(19-23)27(29)16-17-27/h4-8,11-12,19-21H,9-10,13-18H2,1-3H3. The van der Waals surface area contributed by atoms with Gasteiger partial charge in [0.2, 0.25) is 0 Å². The predicted molar refractivity (Wildman–Crippen MR) is 120 cm³/mol. The minimum absolute atomic E-state index is 0.438. The maximum absolute atomic E-state index is 15.0. The number of nitrogens with zero attached hydrogens (tertiary/aromatic N) is 1. The number of rotatable bonds is 10. The molecule has 2 aromatic rings. The van der Waals surface area contributed by atoms with Gasteiger partial charge < -0.3 is 0 Å². The number of halogens is 2. The summed E-state index contributed by atoms with van der Waals surface area (Å²) in [5, 5.41) is 0. The first kappa shape index (κ1) is 21.5. The summed E-state index contributed by atoms with van der Waals surface area (Å²) >= 11 is 0. The molecule has 2 saturated carbocycles. The molecule has 2 aliphatic carbocycles. The number of aryl methyl sites for hydroxylation is 1. The highest BCUT2D eigenvalue weighted by Crippen LogP contribution is 2.58. The number of benzene rings is 2. The molecule has 0 spiro atoms. The molecule has 0 heterocycles. The van der Waals surface area contributed by atoms with Crippen LogP contribution < -0.4 is 0 Å². The van der Waals surface area contributed by atoms with Gasteiger partial charge in [-0.25, -0.2) is 8.78 Å². The summed E-state index contributed by atoms with van der Waals surface area (Å²) in [6.45, 7) is 7.83. The van der Waals surface area contributed by atoms with Crippen LogP contribution in [0.4, 0.5) is 8.78 Å². The Bertz CT molecular complexity index is 852. The zero-order valence-corrected chi connectivity index (χ0v) is 18.6. The first-order chi connectivity index (χ1) is 14.3. The van der Waals surface area contributed by atoms with Crippen LogP contribution in [0.25, 0.3) is 0 Å². The Morgan fingerprint density at radius 3 is 2.03 bits per heavy atom. The lowest BCUT2D eigenvalue weighted by Gasteiger charge is -2.33. The van der Waals surface area contributed by atoms with Crippen molar-refractivity contribution in [3.05, 3.63) is 70.8 Å². The Labute approximate surface area is 180 Å². The molecule has 0 aliphatic heterocycles. The highest BCUT2D eigenvalue weighted by molar-refractivity contribution is 5.44. The van der Waals surface area contributed by atoms with Crippen molar-refractivity contribution in [3.63, 3.8) is 0 Å². The zero-order valence-electron chi connectivity index (χ0n) is 18.6. The lowest BCUT2D eigenvalue weighted by atomic mass is 9.92. The molecule has 0 amide bonds. The Kier molecular flexibility index (Phi) is 6.03. The molecule has 1 nitrogen and oxygen atoms in total. The third kappa shape index (κ3) is 4.77. The van der Waals surface area contributed by atoms with Gasteiger partial charge in [0.1, 0.15) is 11.3 Å². The van der Waals surface area contributed by atoms with Crippen molar-refractivity contribution in [1.82, 2.24) is 4.90 Å². The number of hydrogen-bond donors (Lipinski definition) is 0. The van der Waals surface area contributed by atoms with E-state index in [9.17, 15) is 8.78 Å². The molecule has 0 radical (unpaired) electrons. The molecule has 0 aromatic heterocycles. The summed E-state index contributed by atoms with van der Waals surface area (Å²) in [5.41, 5.74) is 1.21. The molecule has 0 saturated heterocycles. The van der Waals surface area contributed by atoms with Gasteiger partial charge in [-0.05, 0) is 88.0 Å². The second-order valence-corrected chi connectivity index (χ2v) is 9.77. The minimum Gasteiger partial charge on any atom is -0.298 e. The molecule has 0 N–H and O–H groups in total. The molecule has 162 valence electrons. The normalized spacial score (nSPS) is 19.8. The largest absolute Gasteiger partial charge is 0.298 e. The average Bonchev–Trinajstić information content (AvgIpc) is 3.66. The summed E-state index contributed by atoms with van der Waals surface area (Å²) in [5.74, 6) is 0. The van der Waals surface area contributed by atoms with Gasteiger partial charge in [-0.1, -0.05) is 48.5 Å². The van der Waals surface area contributed by atoms with Gasteiger partial charge in [0.15, 0.2) is 0 Å². The maximum Gasteiger partial charge on any atom is 0.136 e. The highest BCUT2D eigenvalue weighted by Gasteiger charge is 2.53. The van der Waals surface area contributed by atoms with Crippen LogP contribution in [0.2, 0.25) is 0 Å². The van der Waals surface area contributed by atoms with E-state index in [4.69, 9.17) is 0 Å². The number of hydrogen-bond acceptors (Lipinski definition) is 1. The fourth-order valence-corrected chi connectivity index (χ4v) is 4.70. The van der Waals surface area contributed by atoms with E-state index in [1.165, 1.54) is 5.56 Å². The Morgan fingerprint density at radius 2 is 1.43 bits per heavy atom. The zero-order chi connectivity index (χ0) is 21.4. The SMILES string of the molecule is CC(C)N(CCc1ccccc1)C(C)CCc1ccc(C2(F)CC2)c(C2(F)CC2)c1. The van der Waals surface area contributed by atoms with Gasteiger partial charge in [0.25, 0.3) is 0 Å². The van der Waals surface area contributed by atoms with Crippen molar-refractivity contribution in [2.45, 2.75) is 89.1 Å². The van der Waals surface area contributed by atoms with Gasteiger partial charge in [0, 0.05) is 18.6 Å². The topological polar surface area (TPSA) is 3.24 Å². The molecule has 2 fully saturated rings. The highest BCUT2D eigenvalue weighted by atomic mass is 19.1. The molecular weight excluding hydrogens is 376 g/mol. The molecule has 2 aromatic carbocycles. The smallest absolute Gasteiger partial charge is 0.136 e. The fourth-order valence-electron chi connectivity index (χ4n) is 4.70. The van der Waals surface area contributed by atoms with Crippen LogP contribution in [0.15, 0.2) is 48.5 Å². The maximum atomic E-state index is 15.0. The van der Waals surface area contributed by atoms with E-state index in [0.717, 1.165) is 31.4 Å². The van der Waals surface area contributed by atoms with Gasteiger partial charge in [0.05, 0.1) is 0 Å². The molecule has 0 bridgehead atoms. The Morgan fingerprint density at radius 1 is 0.800 bits per heavy atom. The fraction of sp³-hybridized carbons (Fsp3) is 0.556. The molecule has 30 heavy (non-hydrogen) atoms. The van der Waals surface area contributed by atoms with E-state index in [2.05, 4.69) is 56.0 Å². The summed E-state index contributed by atoms with van der Waals surface area (Å²) in [7, 11) is 0. The number of alkyl halides is 2. The van der Waals surface area contributed by atoms with Crippen molar-refractivity contribution >= 4 is 0 Å². The van der Waals surface area contributed by atoms with Crippen molar-refractivity contribution in [2.24, 2.45) is 0 Å². The summed E-state index contributed by atoms with van der Waals surface area (Å²) in [6.07, 6.45) is 5.12. The summed E-state index contributed by atoms with van der Waals surface area (Å²) < 4.78 is 29.7. The van der Waals surface area contributed by atoms with E-state index < -0.39 is 11.3 Å². The Hall–Kier alpha value is -1.74. The molecule has 1 unspecified atom stereocenters. The second-order valence-electron chi connectivity index (χ2n) is 9.77. The van der Waals surface area contributed by atoms with Crippen LogP contribution in [0.5, 0.6) is 0 Å². The first-order valence-electron chi connectivity index (χ1n) is 11.6. The van der Waals surface area contributed by atoms with E-state index in [0.29, 0.717) is 48.9 Å². The lowest BCUT2D eigenvalue weighted by molar-refractivity contribution is 0.158. The van der Waals surface area contributed by atoms with Crippen molar-refractivity contribution in [3.8, 4) is 0 Å². The Balaban J connectivity index is 1.40. The third-order valence-corrected chi connectivity index (χ3v) is 7.01. The van der Waals surface area contributed by atoms with E-state index in [1.54, 1.807) is 0 Å². The molecule has 2 aliphatic rings. The van der Waals surface area contributed by atoms with Crippen LogP contribution in [-0.4, -0.2) is 23.5 Å². The monoisotopic (exact) mass is 411 g/mol.